The van der Waals surface area contributed by atoms with E-state index in [2.05, 4.69) is 0 Å². The van der Waals surface area contributed by atoms with Gasteiger partial charge >= 0.3 is 5.97 Å². The van der Waals surface area contributed by atoms with Crippen LogP contribution in [0, 0.1) is 5.92 Å². The van der Waals surface area contributed by atoms with E-state index in [1.807, 2.05) is 26.0 Å². The van der Waals surface area contributed by atoms with Crippen molar-refractivity contribution in [3.05, 3.63) is 92.4 Å². The summed E-state index contributed by atoms with van der Waals surface area (Å²) < 4.78 is 18.7. The standard InChI is InChI=1S/C32H27NO8/c1-16(2)15-33-22-10-9-19(39-3)11-18(22)12-21(32(33)38)20-13-25(35)41-31-26(20)30-27(28(36)29(31)37)23(34)14-24(40-30)17-7-5-4-6-8-17/h4-12,14,16,20,36-37H,13,15H2,1-3H3. The second-order valence-electron chi connectivity index (χ2n) is 10.5. The first-order valence-electron chi connectivity index (χ1n) is 13.2. The van der Waals surface area contributed by atoms with Crippen molar-refractivity contribution in [2.45, 2.75) is 32.7 Å². The van der Waals surface area contributed by atoms with Gasteiger partial charge in [-0.2, -0.15) is 0 Å². The predicted octanol–water partition coefficient (Wildman–Crippen LogP) is 5.29. The largest absolute Gasteiger partial charge is 0.504 e. The number of ether oxygens (including phenoxy) is 2. The first-order chi connectivity index (χ1) is 19.7. The summed E-state index contributed by atoms with van der Waals surface area (Å²) in [6.45, 7) is 4.40. The molecule has 0 amide bonds. The number of carbonyl (C=O) groups excluding carboxylic acids is 1. The average Bonchev–Trinajstić information content (AvgIpc) is 2.96. The highest BCUT2D eigenvalue weighted by molar-refractivity contribution is 5.96. The highest BCUT2D eigenvalue weighted by Crippen LogP contribution is 2.52. The Balaban J connectivity index is 1.71. The highest BCUT2D eigenvalue weighted by atomic mass is 16.5. The summed E-state index contributed by atoms with van der Waals surface area (Å²) in [5.41, 5.74) is 0.696. The topological polar surface area (TPSA) is 128 Å². The first-order valence-corrected chi connectivity index (χ1v) is 13.2. The van der Waals surface area contributed by atoms with Crippen molar-refractivity contribution in [1.29, 1.82) is 0 Å². The van der Waals surface area contributed by atoms with Crippen molar-refractivity contribution in [3.8, 4) is 34.3 Å². The number of esters is 1. The van der Waals surface area contributed by atoms with E-state index in [4.69, 9.17) is 13.9 Å². The van der Waals surface area contributed by atoms with Gasteiger partial charge in [-0.15, -0.1) is 0 Å². The second-order valence-corrected chi connectivity index (χ2v) is 10.5. The molecule has 9 heteroatoms. The van der Waals surface area contributed by atoms with Gasteiger partial charge in [0.2, 0.25) is 5.75 Å². The van der Waals surface area contributed by atoms with E-state index in [1.54, 1.807) is 54.1 Å². The number of rotatable bonds is 5. The molecule has 2 N–H and O–H groups in total. The summed E-state index contributed by atoms with van der Waals surface area (Å²) in [4.78, 5) is 40.3. The molecule has 208 valence electrons. The Kier molecular flexibility index (Phi) is 6.29. The van der Waals surface area contributed by atoms with Crippen LogP contribution in [0.25, 0.3) is 33.2 Å². The van der Waals surface area contributed by atoms with Gasteiger partial charge in [-0.3, -0.25) is 14.4 Å². The molecule has 9 nitrogen and oxygen atoms in total. The number of phenols is 2. The van der Waals surface area contributed by atoms with E-state index in [1.165, 1.54) is 6.07 Å². The molecule has 2 aromatic heterocycles. The van der Waals surface area contributed by atoms with Gasteiger partial charge in [0.1, 0.15) is 22.5 Å². The van der Waals surface area contributed by atoms with Crippen molar-refractivity contribution < 1.29 is 28.9 Å². The van der Waals surface area contributed by atoms with E-state index < -0.39 is 28.8 Å². The number of pyridine rings is 1. The molecule has 6 rings (SSSR count). The molecule has 1 aliphatic rings. The van der Waals surface area contributed by atoms with Crippen LogP contribution >= 0.6 is 0 Å². The number of aromatic nitrogens is 1. The van der Waals surface area contributed by atoms with Gasteiger partial charge in [-0.05, 0) is 30.2 Å². The van der Waals surface area contributed by atoms with Crippen LogP contribution in [-0.4, -0.2) is 27.9 Å². The summed E-state index contributed by atoms with van der Waals surface area (Å²) in [5, 5.41) is 22.2. The Hall–Kier alpha value is -5.05. The number of aromatic hydroxyl groups is 2. The molecule has 5 aromatic rings. The molecule has 3 aromatic carbocycles. The number of phenolic OH excluding ortho intramolecular Hbond substituents is 2. The third-order valence-corrected chi connectivity index (χ3v) is 7.36. The van der Waals surface area contributed by atoms with Crippen LogP contribution in [0.4, 0.5) is 0 Å². The van der Waals surface area contributed by atoms with E-state index >= 15 is 0 Å². The zero-order chi connectivity index (χ0) is 29.0. The molecule has 1 atom stereocenters. The predicted molar refractivity (Wildman–Crippen MR) is 153 cm³/mol. The number of fused-ring (bicyclic) bond motifs is 4. The Morgan fingerprint density at radius 2 is 1.76 bits per heavy atom. The third-order valence-electron chi connectivity index (χ3n) is 7.36. The second kappa shape index (κ2) is 9.85. The van der Waals surface area contributed by atoms with E-state index in [9.17, 15) is 24.6 Å². The van der Waals surface area contributed by atoms with Gasteiger partial charge in [0, 0.05) is 35.0 Å². The van der Waals surface area contributed by atoms with Crippen molar-refractivity contribution in [2.24, 2.45) is 5.92 Å². The number of hydrogen-bond acceptors (Lipinski definition) is 8. The van der Waals surface area contributed by atoms with Crippen LogP contribution in [-0.2, 0) is 11.3 Å². The lowest BCUT2D eigenvalue weighted by molar-refractivity contribution is -0.135. The Labute approximate surface area is 233 Å². The zero-order valence-corrected chi connectivity index (χ0v) is 22.6. The van der Waals surface area contributed by atoms with E-state index in [-0.39, 0.29) is 51.5 Å². The molecular formula is C32H27NO8. The quantitative estimate of drug-likeness (QED) is 0.171. The summed E-state index contributed by atoms with van der Waals surface area (Å²) in [6, 6.07) is 17.2. The average molecular weight is 554 g/mol. The molecule has 41 heavy (non-hydrogen) atoms. The van der Waals surface area contributed by atoms with Crippen molar-refractivity contribution in [2.75, 3.05) is 7.11 Å². The summed E-state index contributed by atoms with van der Waals surface area (Å²) in [5.74, 6) is -2.60. The molecule has 0 saturated carbocycles. The number of nitrogens with zero attached hydrogens (tertiary/aromatic N) is 1. The minimum absolute atomic E-state index is 0.0697. The molecule has 0 spiro atoms. The minimum Gasteiger partial charge on any atom is -0.504 e. The maximum Gasteiger partial charge on any atom is 0.312 e. The van der Waals surface area contributed by atoms with Crippen LogP contribution in [0.15, 0.2) is 74.7 Å². The van der Waals surface area contributed by atoms with Gasteiger partial charge < -0.3 is 28.7 Å². The lowest BCUT2D eigenvalue weighted by Gasteiger charge is -2.27. The van der Waals surface area contributed by atoms with Crippen LogP contribution < -0.4 is 20.5 Å². The van der Waals surface area contributed by atoms with Crippen LogP contribution in [0.3, 0.4) is 0 Å². The summed E-state index contributed by atoms with van der Waals surface area (Å²) in [6.07, 6.45) is -0.252. The van der Waals surface area contributed by atoms with Crippen LogP contribution in [0.1, 0.15) is 37.3 Å². The monoisotopic (exact) mass is 553 g/mol. The smallest absolute Gasteiger partial charge is 0.312 e. The lowest BCUT2D eigenvalue weighted by atomic mass is 9.84. The maximum absolute atomic E-state index is 14.1. The molecule has 0 radical (unpaired) electrons. The molecule has 1 aliphatic heterocycles. The summed E-state index contributed by atoms with van der Waals surface area (Å²) >= 11 is 0. The normalized spacial score (nSPS) is 14.8. The number of carbonyl (C=O) groups is 1. The number of hydrogen-bond donors (Lipinski definition) is 2. The fraction of sp³-hybridized carbons (Fsp3) is 0.219. The van der Waals surface area contributed by atoms with Gasteiger partial charge in [-0.1, -0.05) is 44.2 Å². The number of methoxy groups -OCH3 is 1. The van der Waals surface area contributed by atoms with Gasteiger partial charge in [0.05, 0.1) is 24.6 Å². The summed E-state index contributed by atoms with van der Waals surface area (Å²) in [7, 11) is 1.55. The molecule has 0 bridgehead atoms. The molecule has 0 aliphatic carbocycles. The number of benzene rings is 3. The Bertz CT molecular complexity index is 1970. The molecule has 3 heterocycles. The fourth-order valence-electron chi connectivity index (χ4n) is 5.53. The van der Waals surface area contributed by atoms with Gasteiger partial charge in [0.15, 0.2) is 16.9 Å². The SMILES string of the molecule is COc1ccc2c(c1)cc(C1CC(=O)Oc3c(O)c(O)c4c(=O)cc(-c5ccccc5)oc4c31)c(=O)n2CC(C)C. The molecule has 0 fully saturated rings. The molecule has 0 saturated heterocycles. The van der Waals surface area contributed by atoms with Crippen molar-refractivity contribution in [1.82, 2.24) is 4.57 Å². The van der Waals surface area contributed by atoms with E-state index in [0.717, 1.165) is 0 Å². The third kappa shape index (κ3) is 4.30. The fourth-order valence-corrected chi connectivity index (χ4v) is 5.53. The zero-order valence-electron chi connectivity index (χ0n) is 22.6. The van der Waals surface area contributed by atoms with E-state index in [0.29, 0.717) is 28.8 Å². The van der Waals surface area contributed by atoms with Crippen LogP contribution in [0.2, 0.25) is 0 Å². The van der Waals surface area contributed by atoms with Gasteiger partial charge in [0.25, 0.3) is 5.56 Å². The molecular weight excluding hydrogens is 526 g/mol. The highest BCUT2D eigenvalue weighted by Gasteiger charge is 2.38. The Morgan fingerprint density at radius 3 is 2.46 bits per heavy atom. The van der Waals surface area contributed by atoms with Crippen molar-refractivity contribution >= 4 is 27.8 Å². The Morgan fingerprint density at radius 1 is 1.00 bits per heavy atom. The minimum atomic E-state index is -0.948. The van der Waals surface area contributed by atoms with Crippen LogP contribution in [0.5, 0.6) is 23.0 Å². The lowest BCUT2D eigenvalue weighted by Crippen LogP contribution is -2.31. The molecule has 1 unspecified atom stereocenters. The first kappa shape index (κ1) is 26.2. The maximum atomic E-state index is 14.1. The van der Waals surface area contributed by atoms with Crippen molar-refractivity contribution in [3.63, 3.8) is 0 Å². The van der Waals surface area contributed by atoms with Gasteiger partial charge in [-0.25, -0.2) is 0 Å².